The summed E-state index contributed by atoms with van der Waals surface area (Å²) in [6.45, 7) is 33.1. The second-order valence-corrected chi connectivity index (χ2v) is 27.7. The Balaban J connectivity index is 3.72. The lowest BCUT2D eigenvalue weighted by atomic mass is 10.2. The Hall–Kier alpha value is -1.06. The molecule has 0 aliphatic heterocycles. The third-order valence-corrected chi connectivity index (χ3v) is 20.8. The van der Waals surface area contributed by atoms with Crippen molar-refractivity contribution in [1.82, 2.24) is 0 Å². The summed E-state index contributed by atoms with van der Waals surface area (Å²) in [5.74, 6) is 1.89. The van der Waals surface area contributed by atoms with Gasteiger partial charge in [-0.3, -0.25) is 4.79 Å². The maximum Gasteiger partial charge on any atom is 0.250 e. The Bertz CT molecular complexity index is 774. The normalized spacial score (nSPS) is 14.2. The minimum Gasteiger partial charge on any atom is -0.543 e. The lowest BCUT2D eigenvalue weighted by Crippen LogP contribution is -2.45. The third kappa shape index (κ3) is 6.50. The van der Waals surface area contributed by atoms with Gasteiger partial charge in [0.25, 0.3) is 16.6 Å². The molecular weight excluding hydrogens is 449 g/mol. The Labute approximate surface area is 200 Å². The van der Waals surface area contributed by atoms with Gasteiger partial charge >= 0.3 is 0 Å². The van der Waals surface area contributed by atoms with E-state index in [4.69, 9.17) is 13.3 Å². The molecule has 0 aliphatic carbocycles. The van der Waals surface area contributed by atoms with E-state index in [1.807, 2.05) is 12.1 Å². The topological polar surface area (TPSA) is 44.8 Å². The molecule has 4 nitrogen and oxygen atoms in total. The average Bonchev–Trinajstić information content (AvgIpc) is 2.50. The summed E-state index contributed by atoms with van der Waals surface area (Å²) in [6, 6.07) is 3.81. The Morgan fingerprint density at radius 2 is 0.875 bits per heavy atom. The molecule has 1 aromatic rings. The van der Waals surface area contributed by atoms with Crippen molar-refractivity contribution in [1.29, 1.82) is 0 Å². The fourth-order valence-electron chi connectivity index (χ4n) is 2.22. The zero-order chi connectivity index (χ0) is 25.6. The van der Waals surface area contributed by atoms with E-state index >= 15 is 0 Å². The molecule has 0 unspecified atom stereocenters. The summed E-state index contributed by atoms with van der Waals surface area (Å²) >= 11 is 0. The van der Waals surface area contributed by atoms with Crippen LogP contribution >= 0.6 is 0 Å². The highest BCUT2D eigenvalue weighted by Gasteiger charge is 2.43. The number of carbonyl (C=O) groups is 1. The van der Waals surface area contributed by atoms with E-state index in [0.717, 1.165) is 12.0 Å². The van der Waals surface area contributed by atoms with Crippen molar-refractivity contribution in [2.24, 2.45) is 0 Å². The van der Waals surface area contributed by atoms with E-state index < -0.39 is 25.0 Å². The predicted octanol–water partition coefficient (Wildman–Crippen LogP) is 8.65. The maximum absolute atomic E-state index is 12.3. The first kappa shape index (κ1) is 29.0. The van der Waals surface area contributed by atoms with Crippen LogP contribution in [-0.2, 0) is 0 Å². The number of aldehydes is 1. The highest BCUT2D eigenvalue weighted by Crippen LogP contribution is 2.45. The van der Waals surface area contributed by atoms with Gasteiger partial charge in [0.1, 0.15) is 17.2 Å². The Morgan fingerprint density at radius 1 is 0.594 bits per heavy atom. The summed E-state index contributed by atoms with van der Waals surface area (Å²) in [5.41, 5.74) is 0.488. The van der Waals surface area contributed by atoms with Crippen molar-refractivity contribution in [3.8, 4) is 17.2 Å². The first-order valence-electron chi connectivity index (χ1n) is 11.7. The standard InChI is InChI=1S/C25H48O4Si3/c1-23(2,3)30(10,11)27-19-16-21(28-31(12,13)24(4,5)6)20(18-26)22(17-19)29-32(14,15)25(7,8)9/h16-18H,1-15H3. The van der Waals surface area contributed by atoms with Gasteiger partial charge in [-0.05, 0) is 54.4 Å². The first-order valence-corrected chi connectivity index (χ1v) is 20.4. The minimum absolute atomic E-state index is 0.00387. The lowest BCUT2D eigenvalue weighted by Gasteiger charge is -2.40. The SMILES string of the molecule is CC(C)(C)[Si](C)(C)Oc1cc(O[Si](C)(C)C(C)(C)C)c(C=O)c(O[Si](C)(C)C(C)(C)C)c1. The molecule has 0 spiro atoms. The highest BCUT2D eigenvalue weighted by molar-refractivity contribution is 6.75. The Morgan fingerprint density at radius 3 is 1.12 bits per heavy atom. The van der Waals surface area contributed by atoms with Gasteiger partial charge in [-0.1, -0.05) is 62.3 Å². The van der Waals surface area contributed by atoms with Crippen LogP contribution in [0.15, 0.2) is 12.1 Å². The van der Waals surface area contributed by atoms with Crippen LogP contribution in [0.4, 0.5) is 0 Å². The van der Waals surface area contributed by atoms with E-state index in [0.29, 0.717) is 17.1 Å². The zero-order valence-electron chi connectivity index (χ0n) is 23.4. The maximum atomic E-state index is 12.3. The number of hydrogen-bond acceptors (Lipinski definition) is 4. The number of carbonyl (C=O) groups excluding carboxylic acids is 1. The fraction of sp³-hybridized carbons (Fsp3) is 0.720. The molecule has 0 atom stereocenters. The fourth-order valence-corrected chi connectivity index (χ4v) is 5.29. The molecule has 0 saturated heterocycles. The molecule has 32 heavy (non-hydrogen) atoms. The summed E-state index contributed by atoms with van der Waals surface area (Å²) in [5, 5.41) is 0.0605. The zero-order valence-corrected chi connectivity index (χ0v) is 26.4. The van der Waals surface area contributed by atoms with Crippen molar-refractivity contribution in [3.63, 3.8) is 0 Å². The van der Waals surface area contributed by atoms with Gasteiger partial charge in [0.05, 0.1) is 5.56 Å². The van der Waals surface area contributed by atoms with Gasteiger partial charge in [-0.2, -0.15) is 0 Å². The molecule has 1 rings (SSSR count). The van der Waals surface area contributed by atoms with Crippen LogP contribution in [0, 0.1) is 0 Å². The van der Waals surface area contributed by atoms with Gasteiger partial charge in [0.15, 0.2) is 6.29 Å². The molecule has 0 N–H and O–H groups in total. The second-order valence-electron chi connectivity index (χ2n) is 13.5. The third-order valence-electron chi connectivity index (χ3n) is 7.72. The van der Waals surface area contributed by atoms with Crippen LogP contribution in [-0.4, -0.2) is 31.2 Å². The molecule has 0 amide bonds. The van der Waals surface area contributed by atoms with E-state index in [1.54, 1.807) is 0 Å². The van der Waals surface area contributed by atoms with E-state index in [-0.39, 0.29) is 15.1 Å². The lowest BCUT2D eigenvalue weighted by molar-refractivity contribution is 0.112. The van der Waals surface area contributed by atoms with Crippen LogP contribution in [0.2, 0.25) is 54.4 Å². The van der Waals surface area contributed by atoms with Crippen molar-refractivity contribution < 1.29 is 18.1 Å². The van der Waals surface area contributed by atoms with Crippen molar-refractivity contribution in [2.75, 3.05) is 0 Å². The van der Waals surface area contributed by atoms with E-state index in [2.05, 4.69) is 102 Å². The van der Waals surface area contributed by atoms with Gasteiger partial charge in [-0.25, -0.2) is 0 Å². The highest BCUT2D eigenvalue weighted by atomic mass is 28.4. The van der Waals surface area contributed by atoms with Crippen LogP contribution in [0.5, 0.6) is 17.2 Å². The molecule has 0 radical (unpaired) electrons. The van der Waals surface area contributed by atoms with Crippen molar-refractivity contribution in [2.45, 2.75) is 117 Å². The Kier molecular flexibility index (Phi) is 8.10. The largest absolute Gasteiger partial charge is 0.543 e. The molecule has 0 saturated carbocycles. The molecule has 0 heterocycles. The van der Waals surface area contributed by atoms with Crippen LogP contribution in [0.1, 0.15) is 72.7 Å². The summed E-state index contributed by atoms with van der Waals surface area (Å²) in [6.07, 6.45) is 0.876. The second kappa shape index (κ2) is 8.95. The average molecular weight is 497 g/mol. The van der Waals surface area contributed by atoms with Gasteiger partial charge in [-0.15, -0.1) is 0 Å². The van der Waals surface area contributed by atoms with Crippen LogP contribution < -0.4 is 13.3 Å². The molecule has 184 valence electrons. The predicted molar refractivity (Wildman–Crippen MR) is 145 cm³/mol. The van der Waals surface area contributed by atoms with E-state index in [9.17, 15) is 4.79 Å². The minimum atomic E-state index is -2.18. The van der Waals surface area contributed by atoms with Crippen LogP contribution in [0.25, 0.3) is 0 Å². The van der Waals surface area contributed by atoms with Gasteiger partial charge < -0.3 is 13.3 Å². The molecule has 7 heteroatoms. The van der Waals surface area contributed by atoms with Crippen molar-refractivity contribution in [3.05, 3.63) is 17.7 Å². The summed E-state index contributed by atoms with van der Waals surface area (Å²) < 4.78 is 19.9. The smallest absolute Gasteiger partial charge is 0.250 e. The molecular formula is C25H48O4Si3. The number of rotatable bonds is 7. The van der Waals surface area contributed by atoms with Crippen LogP contribution in [0.3, 0.4) is 0 Å². The first-order chi connectivity index (χ1) is 14.0. The van der Waals surface area contributed by atoms with Crippen molar-refractivity contribution >= 4 is 31.2 Å². The van der Waals surface area contributed by atoms with Gasteiger partial charge in [0.2, 0.25) is 8.32 Å². The quantitative estimate of drug-likeness (QED) is 0.280. The molecule has 0 fully saturated rings. The molecule has 0 aliphatic rings. The molecule has 0 bridgehead atoms. The number of hydrogen-bond donors (Lipinski definition) is 0. The summed E-state index contributed by atoms with van der Waals surface area (Å²) in [7, 11) is -6.44. The summed E-state index contributed by atoms with van der Waals surface area (Å²) in [4.78, 5) is 12.3. The molecule has 1 aromatic carbocycles. The van der Waals surface area contributed by atoms with Gasteiger partial charge in [0, 0.05) is 12.1 Å². The van der Waals surface area contributed by atoms with E-state index in [1.165, 1.54) is 0 Å². The molecule has 0 aromatic heterocycles. The number of benzene rings is 1. The monoisotopic (exact) mass is 496 g/mol.